The highest BCUT2D eigenvalue weighted by atomic mass is 32.1. The second kappa shape index (κ2) is 7.98. The standard InChI is InChI=1S/C17H15N3O4S2/c1-23-16(21)10-6-8-25-14(10)19-12-4-3-5-13(18-12)20-15-11(7-9-26-15)17(22)24-2/h3-9H,1-2H3,(H2,18,19,20). The molecule has 2 N–H and O–H groups in total. The van der Waals surface area contributed by atoms with Gasteiger partial charge in [0, 0.05) is 0 Å². The fourth-order valence-electron chi connectivity index (χ4n) is 2.16. The van der Waals surface area contributed by atoms with Crippen molar-refractivity contribution in [2.45, 2.75) is 0 Å². The van der Waals surface area contributed by atoms with Crippen LogP contribution >= 0.6 is 22.7 Å². The van der Waals surface area contributed by atoms with Gasteiger partial charge in [0.25, 0.3) is 0 Å². The molecule has 0 radical (unpaired) electrons. The first kappa shape index (κ1) is 17.9. The molecule has 0 aromatic carbocycles. The Morgan fingerprint density at radius 2 is 1.31 bits per heavy atom. The van der Waals surface area contributed by atoms with E-state index in [9.17, 15) is 9.59 Å². The van der Waals surface area contributed by atoms with Crippen LogP contribution in [0.5, 0.6) is 0 Å². The third kappa shape index (κ3) is 3.84. The van der Waals surface area contributed by atoms with Crippen LogP contribution in [0.25, 0.3) is 0 Å². The molecular weight excluding hydrogens is 374 g/mol. The van der Waals surface area contributed by atoms with Crippen LogP contribution in [-0.4, -0.2) is 31.1 Å². The number of thiophene rings is 2. The van der Waals surface area contributed by atoms with Gasteiger partial charge < -0.3 is 20.1 Å². The minimum absolute atomic E-state index is 0.413. The van der Waals surface area contributed by atoms with Gasteiger partial charge in [-0.05, 0) is 35.0 Å². The number of ether oxygens (including phenoxy) is 2. The number of rotatable bonds is 6. The van der Waals surface area contributed by atoms with Crippen molar-refractivity contribution < 1.29 is 19.1 Å². The predicted molar refractivity (Wildman–Crippen MR) is 102 cm³/mol. The van der Waals surface area contributed by atoms with E-state index in [0.717, 1.165) is 0 Å². The van der Waals surface area contributed by atoms with E-state index in [1.54, 1.807) is 35.0 Å². The van der Waals surface area contributed by atoms with Crippen molar-refractivity contribution in [3.8, 4) is 0 Å². The van der Waals surface area contributed by atoms with Gasteiger partial charge >= 0.3 is 11.9 Å². The zero-order chi connectivity index (χ0) is 18.5. The summed E-state index contributed by atoms with van der Waals surface area (Å²) in [7, 11) is 2.68. The Hall–Kier alpha value is -2.91. The fraction of sp³-hybridized carbons (Fsp3) is 0.118. The number of anilines is 4. The van der Waals surface area contributed by atoms with E-state index in [4.69, 9.17) is 9.47 Å². The summed E-state index contributed by atoms with van der Waals surface area (Å²) in [5, 5.41) is 11.1. The van der Waals surface area contributed by atoms with E-state index in [2.05, 4.69) is 15.6 Å². The molecule has 3 aromatic heterocycles. The van der Waals surface area contributed by atoms with Crippen LogP contribution in [0, 0.1) is 0 Å². The summed E-state index contributed by atoms with van der Waals surface area (Å²) in [6.45, 7) is 0. The second-order valence-electron chi connectivity index (χ2n) is 4.97. The first-order valence-corrected chi connectivity index (χ1v) is 9.21. The van der Waals surface area contributed by atoms with Crippen molar-refractivity contribution >= 4 is 56.3 Å². The summed E-state index contributed by atoms with van der Waals surface area (Å²) in [6, 6.07) is 8.75. The van der Waals surface area contributed by atoms with Gasteiger partial charge in [-0.1, -0.05) is 6.07 Å². The first-order valence-electron chi connectivity index (χ1n) is 7.45. The zero-order valence-corrected chi connectivity index (χ0v) is 15.6. The van der Waals surface area contributed by atoms with Gasteiger partial charge in [-0.2, -0.15) is 0 Å². The van der Waals surface area contributed by atoms with Crippen molar-refractivity contribution in [3.63, 3.8) is 0 Å². The van der Waals surface area contributed by atoms with Crippen LogP contribution in [0.4, 0.5) is 21.6 Å². The minimum atomic E-state index is -0.413. The van der Waals surface area contributed by atoms with E-state index in [1.807, 2.05) is 6.07 Å². The highest BCUT2D eigenvalue weighted by molar-refractivity contribution is 7.15. The normalized spacial score (nSPS) is 10.2. The number of methoxy groups -OCH3 is 2. The van der Waals surface area contributed by atoms with Crippen LogP contribution in [0.1, 0.15) is 20.7 Å². The SMILES string of the molecule is COC(=O)c1ccsc1Nc1cccc(Nc2sccc2C(=O)OC)n1. The Kier molecular flexibility index (Phi) is 5.49. The summed E-state index contributed by atoms with van der Waals surface area (Å²) >= 11 is 2.75. The quantitative estimate of drug-likeness (QED) is 0.609. The molecule has 3 heterocycles. The molecule has 9 heteroatoms. The Morgan fingerprint density at radius 1 is 0.846 bits per heavy atom. The lowest BCUT2D eigenvalue weighted by Crippen LogP contribution is -2.05. The smallest absolute Gasteiger partial charge is 0.340 e. The average Bonchev–Trinajstić information content (AvgIpc) is 3.30. The van der Waals surface area contributed by atoms with Crippen LogP contribution in [0.3, 0.4) is 0 Å². The third-order valence-corrected chi connectivity index (χ3v) is 5.03. The van der Waals surface area contributed by atoms with Crippen molar-refractivity contribution in [2.24, 2.45) is 0 Å². The highest BCUT2D eigenvalue weighted by Gasteiger charge is 2.15. The minimum Gasteiger partial charge on any atom is -0.465 e. The fourth-order valence-corrected chi connectivity index (χ4v) is 3.72. The number of esters is 2. The summed E-state index contributed by atoms with van der Waals surface area (Å²) in [5.74, 6) is 0.284. The number of carbonyl (C=O) groups excluding carboxylic acids is 2. The molecule has 0 fully saturated rings. The number of pyridine rings is 1. The molecule has 0 bridgehead atoms. The Balaban J connectivity index is 1.80. The largest absolute Gasteiger partial charge is 0.465 e. The molecule has 7 nitrogen and oxygen atoms in total. The summed E-state index contributed by atoms with van der Waals surface area (Å²) in [6.07, 6.45) is 0. The van der Waals surface area contributed by atoms with Crippen LogP contribution < -0.4 is 10.6 Å². The summed E-state index contributed by atoms with van der Waals surface area (Å²) in [4.78, 5) is 28.0. The molecule has 3 rings (SSSR count). The molecular formula is C17H15N3O4S2. The monoisotopic (exact) mass is 389 g/mol. The molecule has 0 saturated carbocycles. The molecule has 0 aliphatic carbocycles. The molecule has 0 atom stereocenters. The number of nitrogens with one attached hydrogen (secondary N) is 2. The molecule has 0 amide bonds. The molecule has 0 spiro atoms. The van der Waals surface area contributed by atoms with Gasteiger partial charge in [-0.15, -0.1) is 22.7 Å². The Labute approximate surface area is 157 Å². The molecule has 26 heavy (non-hydrogen) atoms. The van der Waals surface area contributed by atoms with Crippen LogP contribution in [0.15, 0.2) is 41.1 Å². The topological polar surface area (TPSA) is 89.6 Å². The number of nitrogens with zero attached hydrogens (tertiary/aromatic N) is 1. The second-order valence-corrected chi connectivity index (χ2v) is 6.80. The molecule has 0 aliphatic heterocycles. The van der Waals surface area contributed by atoms with E-state index in [0.29, 0.717) is 32.8 Å². The molecule has 0 aliphatic rings. The summed E-state index contributed by atoms with van der Waals surface area (Å²) < 4.78 is 9.53. The summed E-state index contributed by atoms with van der Waals surface area (Å²) in [5.41, 5.74) is 0.896. The Bertz CT molecular complexity index is 864. The van der Waals surface area contributed by atoms with Gasteiger partial charge in [0.05, 0.1) is 25.3 Å². The van der Waals surface area contributed by atoms with Crippen molar-refractivity contribution in [2.75, 3.05) is 24.9 Å². The number of hydrogen-bond acceptors (Lipinski definition) is 9. The zero-order valence-electron chi connectivity index (χ0n) is 13.9. The number of aromatic nitrogens is 1. The lowest BCUT2D eigenvalue weighted by atomic mass is 10.3. The van der Waals surface area contributed by atoms with Crippen molar-refractivity contribution in [1.29, 1.82) is 0 Å². The van der Waals surface area contributed by atoms with Gasteiger partial charge in [-0.25, -0.2) is 14.6 Å². The van der Waals surface area contributed by atoms with Crippen LogP contribution in [-0.2, 0) is 9.47 Å². The van der Waals surface area contributed by atoms with Gasteiger partial charge in [0.1, 0.15) is 21.6 Å². The molecule has 0 saturated heterocycles. The molecule has 0 unspecified atom stereocenters. The lowest BCUT2D eigenvalue weighted by Gasteiger charge is -2.09. The molecule has 134 valence electrons. The number of carbonyl (C=O) groups is 2. The average molecular weight is 389 g/mol. The highest BCUT2D eigenvalue weighted by Crippen LogP contribution is 2.29. The van der Waals surface area contributed by atoms with Crippen molar-refractivity contribution in [1.82, 2.24) is 4.98 Å². The molecule has 3 aromatic rings. The Morgan fingerprint density at radius 3 is 1.73 bits per heavy atom. The van der Waals surface area contributed by atoms with Gasteiger partial charge in [0.2, 0.25) is 0 Å². The van der Waals surface area contributed by atoms with E-state index in [1.165, 1.54) is 36.9 Å². The first-order chi connectivity index (χ1) is 12.6. The maximum Gasteiger partial charge on any atom is 0.340 e. The van der Waals surface area contributed by atoms with Crippen LogP contribution in [0.2, 0.25) is 0 Å². The maximum absolute atomic E-state index is 11.8. The number of hydrogen-bond donors (Lipinski definition) is 2. The van der Waals surface area contributed by atoms with Gasteiger partial charge in [-0.3, -0.25) is 0 Å². The predicted octanol–water partition coefficient (Wildman–Crippen LogP) is 4.27. The van der Waals surface area contributed by atoms with E-state index >= 15 is 0 Å². The third-order valence-electron chi connectivity index (χ3n) is 3.37. The maximum atomic E-state index is 11.8. The van der Waals surface area contributed by atoms with E-state index in [-0.39, 0.29) is 0 Å². The lowest BCUT2D eigenvalue weighted by molar-refractivity contribution is 0.0593. The van der Waals surface area contributed by atoms with E-state index < -0.39 is 11.9 Å². The van der Waals surface area contributed by atoms with Gasteiger partial charge in [0.15, 0.2) is 0 Å². The van der Waals surface area contributed by atoms with Crippen molar-refractivity contribution in [3.05, 3.63) is 52.2 Å².